The fraction of sp³-hybridized carbons (Fsp3) is 0.429. The SMILES string of the molecule is CCCNc1nc(-c2cc(Br)c(C)s2)nc(COC)c1I. The standard InChI is InChI=1S/C14H17BrIN3OS/c1-4-5-17-14-12(16)10(7-20-3)18-13(19-14)11-6-9(15)8(2)21-11/h6H,4-5,7H2,1-3H3,(H,17,18,19). The number of ether oxygens (including phenoxy) is 1. The van der Waals surface area contributed by atoms with Crippen LogP contribution in [0, 0.1) is 10.5 Å². The molecule has 2 aromatic rings. The first-order chi connectivity index (χ1) is 10.1. The van der Waals surface area contributed by atoms with Gasteiger partial charge in [0.1, 0.15) is 5.82 Å². The molecule has 0 aliphatic heterocycles. The minimum absolute atomic E-state index is 0.486. The number of rotatable bonds is 6. The van der Waals surface area contributed by atoms with Crippen molar-refractivity contribution >= 4 is 55.7 Å². The Morgan fingerprint density at radius 3 is 2.76 bits per heavy atom. The minimum Gasteiger partial charge on any atom is -0.378 e. The van der Waals surface area contributed by atoms with Crippen molar-refractivity contribution < 1.29 is 4.74 Å². The first-order valence-electron chi connectivity index (χ1n) is 6.62. The van der Waals surface area contributed by atoms with E-state index in [1.165, 1.54) is 4.88 Å². The predicted octanol–water partition coefficient (Wildman–Crippen LogP) is 4.85. The minimum atomic E-state index is 0.486. The lowest BCUT2D eigenvalue weighted by atomic mass is 10.3. The Bertz CT molecular complexity index is 613. The van der Waals surface area contributed by atoms with E-state index in [2.05, 4.69) is 73.7 Å². The van der Waals surface area contributed by atoms with Crippen LogP contribution in [0.1, 0.15) is 23.9 Å². The van der Waals surface area contributed by atoms with E-state index in [-0.39, 0.29) is 0 Å². The van der Waals surface area contributed by atoms with Gasteiger partial charge < -0.3 is 10.1 Å². The molecule has 0 aliphatic carbocycles. The zero-order valence-corrected chi connectivity index (χ0v) is 16.7. The van der Waals surface area contributed by atoms with Crippen LogP contribution in [0.25, 0.3) is 10.7 Å². The van der Waals surface area contributed by atoms with Crippen LogP contribution in [-0.2, 0) is 11.3 Å². The largest absolute Gasteiger partial charge is 0.378 e. The highest BCUT2D eigenvalue weighted by Gasteiger charge is 2.15. The van der Waals surface area contributed by atoms with E-state index in [4.69, 9.17) is 4.74 Å². The number of nitrogens with zero attached hydrogens (tertiary/aromatic N) is 2. The second-order valence-corrected chi connectivity index (χ2v) is 7.72. The monoisotopic (exact) mass is 481 g/mol. The van der Waals surface area contributed by atoms with Crippen molar-refractivity contribution in [2.45, 2.75) is 26.9 Å². The molecule has 21 heavy (non-hydrogen) atoms. The first-order valence-corrected chi connectivity index (χ1v) is 9.31. The molecule has 2 rings (SSSR count). The van der Waals surface area contributed by atoms with Crippen molar-refractivity contribution in [3.63, 3.8) is 0 Å². The maximum absolute atomic E-state index is 5.26. The summed E-state index contributed by atoms with van der Waals surface area (Å²) in [6.07, 6.45) is 1.05. The van der Waals surface area contributed by atoms with E-state index in [1.807, 2.05) is 0 Å². The number of aryl methyl sites for hydroxylation is 1. The van der Waals surface area contributed by atoms with Crippen molar-refractivity contribution in [2.24, 2.45) is 0 Å². The molecule has 0 atom stereocenters. The topological polar surface area (TPSA) is 47.0 Å². The lowest BCUT2D eigenvalue weighted by Crippen LogP contribution is -2.09. The summed E-state index contributed by atoms with van der Waals surface area (Å²) >= 11 is 7.52. The summed E-state index contributed by atoms with van der Waals surface area (Å²) < 4.78 is 7.38. The molecule has 0 radical (unpaired) electrons. The highest BCUT2D eigenvalue weighted by Crippen LogP contribution is 2.34. The lowest BCUT2D eigenvalue weighted by Gasteiger charge is -2.11. The molecule has 0 bridgehead atoms. The smallest absolute Gasteiger partial charge is 0.172 e. The third-order valence-electron chi connectivity index (χ3n) is 2.82. The summed E-state index contributed by atoms with van der Waals surface area (Å²) in [5, 5.41) is 3.37. The van der Waals surface area contributed by atoms with Gasteiger partial charge in [-0.2, -0.15) is 0 Å². The molecular weight excluding hydrogens is 465 g/mol. The molecule has 0 amide bonds. The van der Waals surface area contributed by atoms with Crippen molar-refractivity contribution in [1.29, 1.82) is 0 Å². The number of methoxy groups -OCH3 is 1. The van der Waals surface area contributed by atoms with E-state index in [9.17, 15) is 0 Å². The van der Waals surface area contributed by atoms with E-state index >= 15 is 0 Å². The van der Waals surface area contributed by atoms with Gasteiger partial charge in [-0.25, -0.2) is 9.97 Å². The number of anilines is 1. The Labute approximate surface area is 151 Å². The van der Waals surface area contributed by atoms with Gasteiger partial charge in [0.05, 0.1) is 20.7 Å². The summed E-state index contributed by atoms with van der Waals surface area (Å²) in [6, 6.07) is 2.07. The molecule has 0 spiro atoms. The molecule has 7 heteroatoms. The van der Waals surface area contributed by atoms with Gasteiger partial charge in [-0.05, 0) is 57.9 Å². The van der Waals surface area contributed by atoms with Crippen LogP contribution < -0.4 is 5.32 Å². The molecule has 0 saturated carbocycles. The van der Waals surface area contributed by atoms with Gasteiger partial charge in [-0.1, -0.05) is 6.92 Å². The molecule has 0 unspecified atom stereocenters. The van der Waals surface area contributed by atoms with Gasteiger partial charge in [-0.15, -0.1) is 11.3 Å². The van der Waals surface area contributed by atoms with E-state index in [0.29, 0.717) is 6.61 Å². The second kappa shape index (κ2) is 7.85. The Kier molecular flexibility index (Phi) is 6.39. The van der Waals surface area contributed by atoms with Gasteiger partial charge in [0.15, 0.2) is 5.82 Å². The van der Waals surface area contributed by atoms with Gasteiger partial charge in [-0.3, -0.25) is 0 Å². The first kappa shape index (κ1) is 17.1. The third-order valence-corrected chi connectivity index (χ3v) is 6.09. The zero-order chi connectivity index (χ0) is 15.4. The molecule has 114 valence electrons. The van der Waals surface area contributed by atoms with Gasteiger partial charge in [0.25, 0.3) is 0 Å². The number of halogens is 2. The van der Waals surface area contributed by atoms with Crippen molar-refractivity contribution in [3.05, 3.63) is 24.7 Å². The Hall–Kier alpha value is -0.250. The molecule has 0 aromatic carbocycles. The van der Waals surface area contributed by atoms with Crippen molar-refractivity contribution in [1.82, 2.24) is 9.97 Å². The number of thiophene rings is 1. The van der Waals surface area contributed by atoms with Gasteiger partial charge in [0.2, 0.25) is 0 Å². The van der Waals surface area contributed by atoms with Crippen LogP contribution in [0.4, 0.5) is 5.82 Å². The maximum atomic E-state index is 5.26. The quantitative estimate of drug-likeness (QED) is 0.599. The average molecular weight is 482 g/mol. The van der Waals surface area contributed by atoms with Crippen LogP contribution >= 0.6 is 49.9 Å². The summed E-state index contributed by atoms with van der Waals surface area (Å²) in [5.41, 5.74) is 0.920. The second-order valence-electron chi connectivity index (χ2n) is 4.53. The van der Waals surface area contributed by atoms with Crippen LogP contribution in [0.15, 0.2) is 10.5 Å². The van der Waals surface area contributed by atoms with Gasteiger partial charge in [0, 0.05) is 23.0 Å². The average Bonchev–Trinajstić information content (AvgIpc) is 2.80. The van der Waals surface area contributed by atoms with Crippen LogP contribution in [0.5, 0.6) is 0 Å². The fourth-order valence-corrected chi connectivity index (χ4v) is 3.82. The Morgan fingerprint density at radius 1 is 1.43 bits per heavy atom. The zero-order valence-electron chi connectivity index (χ0n) is 12.2. The molecule has 2 aromatic heterocycles. The fourth-order valence-electron chi connectivity index (χ4n) is 1.77. The van der Waals surface area contributed by atoms with Crippen molar-refractivity contribution in [3.8, 4) is 10.7 Å². The predicted molar refractivity (Wildman–Crippen MR) is 100.0 cm³/mol. The van der Waals surface area contributed by atoms with Crippen molar-refractivity contribution in [2.75, 3.05) is 19.0 Å². The molecule has 4 nitrogen and oxygen atoms in total. The maximum Gasteiger partial charge on any atom is 0.172 e. The Morgan fingerprint density at radius 2 is 2.19 bits per heavy atom. The molecule has 0 aliphatic rings. The number of nitrogens with one attached hydrogen (secondary N) is 1. The third kappa shape index (κ3) is 4.14. The lowest BCUT2D eigenvalue weighted by molar-refractivity contribution is 0.181. The van der Waals surface area contributed by atoms with Crippen LogP contribution in [0.2, 0.25) is 0 Å². The normalized spacial score (nSPS) is 10.9. The number of hydrogen-bond acceptors (Lipinski definition) is 5. The van der Waals surface area contributed by atoms with E-state index in [1.54, 1.807) is 18.4 Å². The molecule has 2 heterocycles. The van der Waals surface area contributed by atoms with Crippen LogP contribution in [-0.4, -0.2) is 23.6 Å². The summed E-state index contributed by atoms with van der Waals surface area (Å²) in [7, 11) is 1.68. The number of hydrogen-bond donors (Lipinski definition) is 1. The summed E-state index contributed by atoms with van der Waals surface area (Å²) in [6.45, 7) is 5.60. The molecule has 0 fully saturated rings. The molecule has 0 saturated heterocycles. The van der Waals surface area contributed by atoms with Gasteiger partial charge >= 0.3 is 0 Å². The highest BCUT2D eigenvalue weighted by molar-refractivity contribution is 14.1. The summed E-state index contributed by atoms with van der Waals surface area (Å²) in [5.74, 6) is 1.64. The van der Waals surface area contributed by atoms with E-state index in [0.717, 1.165) is 43.2 Å². The van der Waals surface area contributed by atoms with E-state index < -0.39 is 0 Å². The molecule has 1 N–H and O–H groups in total. The summed E-state index contributed by atoms with van der Waals surface area (Å²) in [4.78, 5) is 11.6. The molecular formula is C14H17BrIN3OS. The highest BCUT2D eigenvalue weighted by atomic mass is 127. The number of aromatic nitrogens is 2. The van der Waals surface area contributed by atoms with Crippen LogP contribution in [0.3, 0.4) is 0 Å². The Balaban J connectivity index is 2.47.